The second-order valence-electron chi connectivity index (χ2n) is 4.69. The molecule has 2 unspecified atom stereocenters. The summed E-state index contributed by atoms with van der Waals surface area (Å²) in [6.07, 6.45) is 1.84. The molecule has 0 aliphatic carbocycles. The van der Waals surface area contributed by atoms with E-state index in [4.69, 9.17) is 0 Å². The SMILES string of the molecule is CCNc1nccc(CN2CCSC(C)C2C)n1. The summed E-state index contributed by atoms with van der Waals surface area (Å²) in [5.74, 6) is 1.96. The van der Waals surface area contributed by atoms with Crippen LogP contribution < -0.4 is 5.32 Å². The summed E-state index contributed by atoms with van der Waals surface area (Å²) in [6.45, 7) is 9.61. The fourth-order valence-electron chi connectivity index (χ4n) is 2.15. The highest BCUT2D eigenvalue weighted by Crippen LogP contribution is 2.25. The van der Waals surface area contributed by atoms with Gasteiger partial charge in [0.25, 0.3) is 0 Å². The van der Waals surface area contributed by atoms with Crippen molar-refractivity contribution in [3.05, 3.63) is 18.0 Å². The Bertz CT molecular complexity index is 385. The maximum atomic E-state index is 4.55. The van der Waals surface area contributed by atoms with E-state index in [-0.39, 0.29) is 0 Å². The first-order valence-electron chi connectivity index (χ1n) is 6.62. The molecule has 0 spiro atoms. The predicted octanol–water partition coefficient (Wildman–Crippen LogP) is 2.23. The van der Waals surface area contributed by atoms with E-state index in [2.05, 4.69) is 52.7 Å². The molecule has 100 valence electrons. The lowest BCUT2D eigenvalue weighted by atomic mass is 10.2. The third-order valence-electron chi connectivity index (χ3n) is 3.43. The maximum absolute atomic E-state index is 4.55. The normalized spacial score (nSPS) is 25.1. The minimum absolute atomic E-state index is 0.612. The van der Waals surface area contributed by atoms with E-state index >= 15 is 0 Å². The Hall–Kier alpha value is -0.810. The molecule has 5 heteroatoms. The van der Waals surface area contributed by atoms with Crippen LogP contribution in [0.1, 0.15) is 26.5 Å². The van der Waals surface area contributed by atoms with Crippen LogP contribution in [0.25, 0.3) is 0 Å². The zero-order valence-corrected chi connectivity index (χ0v) is 12.2. The van der Waals surface area contributed by atoms with Crippen molar-refractivity contribution in [1.29, 1.82) is 0 Å². The van der Waals surface area contributed by atoms with Gasteiger partial charge in [-0.05, 0) is 19.9 Å². The molecule has 0 aromatic carbocycles. The van der Waals surface area contributed by atoms with Gasteiger partial charge in [-0.3, -0.25) is 4.90 Å². The number of hydrogen-bond donors (Lipinski definition) is 1. The monoisotopic (exact) mass is 266 g/mol. The van der Waals surface area contributed by atoms with Gasteiger partial charge in [0.05, 0.1) is 5.69 Å². The number of rotatable bonds is 4. The Kier molecular flexibility index (Phi) is 4.83. The van der Waals surface area contributed by atoms with Crippen molar-refractivity contribution >= 4 is 17.7 Å². The highest BCUT2D eigenvalue weighted by Gasteiger charge is 2.25. The Labute approximate surface area is 114 Å². The molecule has 1 aromatic heterocycles. The fraction of sp³-hybridized carbons (Fsp3) is 0.692. The lowest BCUT2D eigenvalue weighted by Gasteiger charge is -2.37. The molecule has 2 atom stereocenters. The number of thioether (sulfide) groups is 1. The van der Waals surface area contributed by atoms with E-state index in [0.29, 0.717) is 11.3 Å². The van der Waals surface area contributed by atoms with Crippen LogP contribution in [0.4, 0.5) is 5.95 Å². The fourth-order valence-corrected chi connectivity index (χ4v) is 3.32. The first-order chi connectivity index (χ1) is 8.70. The molecule has 1 aromatic rings. The Balaban J connectivity index is 2.01. The van der Waals surface area contributed by atoms with Gasteiger partial charge in [-0.1, -0.05) is 6.92 Å². The smallest absolute Gasteiger partial charge is 0.222 e. The average Bonchev–Trinajstić information content (AvgIpc) is 2.36. The van der Waals surface area contributed by atoms with Crippen molar-refractivity contribution in [2.24, 2.45) is 0 Å². The summed E-state index contributed by atoms with van der Waals surface area (Å²) in [5, 5.41) is 3.86. The summed E-state index contributed by atoms with van der Waals surface area (Å²) < 4.78 is 0. The number of nitrogens with zero attached hydrogens (tertiary/aromatic N) is 3. The van der Waals surface area contributed by atoms with Gasteiger partial charge >= 0.3 is 0 Å². The van der Waals surface area contributed by atoms with E-state index < -0.39 is 0 Å². The molecular weight excluding hydrogens is 244 g/mol. The second-order valence-corrected chi connectivity index (χ2v) is 6.17. The summed E-state index contributed by atoms with van der Waals surface area (Å²) >= 11 is 2.06. The van der Waals surface area contributed by atoms with Crippen molar-refractivity contribution in [1.82, 2.24) is 14.9 Å². The van der Waals surface area contributed by atoms with Gasteiger partial charge in [0.2, 0.25) is 5.95 Å². The maximum Gasteiger partial charge on any atom is 0.222 e. The van der Waals surface area contributed by atoms with Gasteiger partial charge in [-0.2, -0.15) is 11.8 Å². The molecule has 1 fully saturated rings. The van der Waals surface area contributed by atoms with Crippen LogP contribution >= 0.6 is 11.8 Å². The van der Waals surface area contributed by atoms with Gasteiger partial charge in [-0.15, -0.1) is 0 Å². The molecule has 18 heavy (non-hydrogen) atoms. The third kappa shape index (κ3) is 3.36. The Morgan fingerprint density at radius 2 is 2.33 bits per heavy atom. The molecule has 0 saturated carbocycles. The number of anilines is 1. The summed E-state index contributed by atoms with van der Waals surface area (Å²) in [4.78, 5) is 11.3. The highest BCUT2D eigenvalue weighted by atomic mass is 32.2. The zero-order valence-electron chi connectivity index (χ0n) is 11.4. The van der Waals surface area contributed by atoms with Crippen LogP contribution in [-0.4, -0.2) is 45.0 Å². The van der Waals surface area contributed by atoms with Crippen LogP contribution in [-0.2, 0) is 6.54 Å². The highest BCUT2D eigenvalue weighted by molar-refractivity contribution is 8.00. The van der Waals surface area contributed by atoms with Gasteiger partial charge in [0.1, 0.15) is 0 Å². The second kappa shape index (κ2) is 6.38. The Morgan fingerprint density at radius 3 is 3.11 bits per heavy atom. The molecule has 0 amide bonds. The van der Waals surface area contributed by atoms with Crippen LogP contribution in [0.3, 0.4) is 0 Å². The minimum Gasteiger partial charge on any atom is -0.354 e. The van der Waals surface area contributed by atoms with Crippen molar-refractivity contribution in [3.63, 3.8) is 0 Å². The first kappa shape index (κ1) is 13.6. The third-order valence-corrected chi connectivity index (χ3v) is 4.77. The summed E-state index contributed by atoms with van der Waals surface area (Å²) in [7, 11) is 0. The minimum atomic E-state index is 0.612. The van der Waals surface area contributed by atoms with Crippen LogP contribution in [0.5, 0.6) is 0 Å². The van der Waals surface area contributed by atoms with Crippen molar-refractivity contribution in [3.8, 4) is 0 Å². The van der Waals surface area contributed by atoms with E-state index in [1.165, 1.54) is 5.75 Å². The van der Waals surface area contributed by atoms with Crippen LogP contribution in [0, 0.1) is 0 Å². The zero-order chi connectivity index (χ0) is 13.0. The largest absolute Gasteiger partial charge is 0.354 e. The quantitative estimate of drug-likeness (QED) is 0.905. The van der Waals surface area contributed by atoms with Crippen molar-refractivity contribution in [2.75, 3.05) is 24.2 Å². The topological polar surface area (TPSA) is 41.1 Å². The molecule has 1 aliphatic heterocycles. The average molecular weight is 266 g/mol. The molecule has 4 nitrogen and oxygen atoms in total. The lowest BCUT2D eigenvalue weighted by Crippen LogP contribution is -2.44. The molecular formula is C13H22N4S. The standard InChI is InChI=1S/C13H22N4S/c1-4-14-13-15-6-5-12(16-13)9-17-7-8-18-11(3)10(17)2/h5-6,10-11H,4,7-9H2,1-3H3,(H,14,15,16). The summed E-state index contributed by atoms with van der Waals surface area (Å²) in [5.41, 5.74) is 1.10. The summed E-state index contributed by atoms with van der Waals surface area (Å²) in [6, 6.07) is 2.63. The van der Waals surface area contributed by atoms with Gasteiger partial charge < -0.3 is 5.32 Å². The van der Waals surface area contributed by atoms with Crippen molar-refractivity contribution in [2.45, 2.75) is 38.6 Å². The number of aromatic nitrogens is 2. The van der Waals surface area contributed by atoms with E-state index in [1.807, 2.05) is 12.3 Å². The number of nitrogens with one attached hydrogen (secondary N) is 1. The van der Waals surface area contributed by atoms with Gasteiger partial charge in [0, 0.05) is 42.9 Å². The van der Waals surface area contributed by atoms with Crippen molar-refractivity contribution < 1.29 is 0 Å². The van der Waals surface area contributed by atoms with E-state index in [0.717, 1.165) is 31.3 Å². The molecule has 2 rings (SSSR count). The van der Waals surface area contributed by atoms with Crippen LogP contribution in [0.15, 0.2) is 12.3 Å². The van der Waals surface area contributed by atoms with E-state index in [1.54, 1.807) is 0 Å². The van der Waals surface area contributed by atoms with Gasteiger partial charge in [0.15, 0.2) is 0 Å². The first-order valence-corrected chi connectivity index (χ1v) is 7.67. The molecule has 1 aliphatic rings. The number of hydrogen-bond acceptors (Lipinski definition) is 5. The molecule has 0 bridgehead atoms. The molecule has 2 heterocycles. The van der Waals surface area contributed by atoms with E-state index in [9.17, 15) is 0 Å². The lowest BCUT2D eigenvalue weighted by molar-refractivity contribution is 0.202. The Morgan fingerprint density at radius 1 is 1.50 bits per heavy atom. The molecule has 1 saturated heterocycles. The molecule has 0 radical (unpaired) electrons. The predicted molar refractivity (Wildman–Crippen MR) is 78.0 cm³/mol. The molecule has 1 N–H and O–H groups in total. The van der Waals surface area contributed by atoms with Gasteiger partial charge in [-0.25, -0.2) is 9.97 Å². The van der Waals surface area contributed by atoms with Crippen LogP contribution in [0.2, 0.25) is 0 Å².